The Kier molecular flexibility index (Phi) is 7.08. The number of carbonyl (C=O) groups excluding carboxylic acids is 1. The second-order valence-electron chi connectivity index (χ2n) is 13.2. The van der Waals surface area contributed by atoms with Gasteiger partial charge in [0.25, 0.3) is 5.91 Å². The van der Waals surface area contributed by atoms with Gasteiger partial charge in [0, 0.05) is 43.3 Å². The summed E-state index contributed by atoms with van der Waals surface area (Å²) in [5, 5.41) is 13.4. The minimum atomic E-state index is -0.202. The van der Waals surface area contributed by atoms with Crippen molar-refractivity contribution in [2.75, 3.05) is 25.1 Å². The monoisotopic (exact) mass is 650 g/mol. The zero-order valence-corrected chi connectivity index (χ0v) is 27.0. The second kappa shape index (κ2) is 11.5. The lowest BCUT2D eigenvalue weighted by Crippen LogP contribution is -2.22. The van der Waals surface area contributed by atoms with Crippen LogP contribution in [0.2, 0.25) is 0 Å². The number of benzene rings is 1. The van der Waals surface area contributed by atoms with E-state index in [1.54, 1.807) is 24.3 Å². The normalized spacial score (nSPS) is 20.6. The van der Waals surface area contributed by atoms with Crippen LogP contribution in [-0.2, 0) is 17.6 Å². The predicted molar refractivity (Wildman–Crippen MR) is 177 cm³/mol. The van der Waals surface area contributed by atoms with Gasteiger partial charge in [-0.25, -0.2) is 9.37 Å². The lowest BCUT2D eigenvalue weighted by atomic mass is 9.90. The van der Waals surface area contributed by atoms with Gasteiger partial charge in [-0.3, -0.25) is 9.78 Å². The van der Waals surface area contributed by atoms with Gasteiger partial charge in [-0.05, 0) is 98.1 Å². The number of aryl methyl sites for hydroxylation is 3. The van der Waals surface area contributed by atoms with Crippen LogP contribution >= 0.6 is 11.3 Å². The van der Waals surface area contributed by atoms with Crippen molar-refractivity contribution in [1.29, 1.82) is 0 Å². The number of fused-ring (bicyclic) bond motifs is 5. The summed E-state index contributed by atoms with van der Waals surface area (Å²) in [7, 11) is 0. The van der Waals surface area contributed by atoms with E-state index in [4.69, 9.17) is 19.1 Å². The molecular weight excluding hydrogens is 616 g/mol. The highest BCUT2D eigenvalue weighted by Gasteiger charge is 2.45. The topological polar surface area (TPSA) is 106 Å². The number of pyridine rings is 2. The average Bonchev–Trinajstić information content (AvgIpc) is 3.92. The molecule has 2 saturated heterocycles. The highest BCUT2D eigenvalue weighted by molar-refractivity contribution is 7.23. The lowest BCUT2D eigenvalue weighted by Gasteiger charge is -2.22. The molecule has 11 heteroatoms. The first-order chi connectivity index (χ1) is 23.0. The molecule has 9 rings (SSSR count). The van der Waals surface area contributed by atoms with Crippen molar-refractivity contribution in [3.8, 4) is 21.9 Å². The van der Waals surface area contributed by atoms with Crippen LogP contribution in [0.15, 0.2) is 40.9 Å². The van der Waals surface area contributed by atoms with Crippen molar-refractivity contribution in [3.63, 3.8) is 0 Å². The van der Waals surface area contributed by atoms with Gasteiger partial charge in [-0.15, -0.1) is 21.5 Å². The summed E-state index contributed by atoms with van der Waals surface area (Å²) >= 11 is 1.62. The lowest BCUT2D eigenvalue weighted by molar-refractivity contribution is 0.0639. The fraction of sp³-hybridized carbons (Fsp3) is 0.417. The van der Waals surface area contributed by atoms with Crippen molar-refractivity contribution in [2.24, 2.45) is 5.92 Å². The van der Waals surface area contributed by atoms with Gasteiger partial charge >= 0.3 is 0 Å². The van der Waals surface area contributed by atoms with Gasteiger partial charge in [0.15, 0.2) is 0 Å². The van der Waals surface area contributed by atoms with Crippen LogP contribution in [0.25, 0.3) is 32.0 Å². The number of amides is 1. The first kappa shape index (κ1) is 29.0. The Labute approximate surface area is 275 Å². The summed E-state index contributed by atoms with van der Waals surface area (Å²) in [5.74, 6) is 2.05. The third-order valence-corrected chi connectivity index (χ3v) is 11.6. The zero-order valence-electron chi connectivity index (χ0n) is 26.2. The Morgan fingerprint density at radius 1 is 1.06 bits per heavy atom. The summed E-state index contributed by atoms with van der Waals surface area (Å²) in [4.78, 5) is 27.2. The molecule has 0 spiro atoms. The highest BCUT2D eigenvalue weighted by Crippen LogP contribution is 2.50. The summed E-state index contributed by atoms with van der Waals surface area (Å²) in [6.07, 6.45) is 9.23. The molecule has 3 aliphatic heterocycles. The van der Waals surface area contributed by atoms with E-state index in [9.17, 15) is 9.18 Å². The molecule has 1 amide bonds. The molecule has 47 heavy (non-hydrogen) atoms. The van der Waals surface area contributed by atoms with Crippen molar-refractivity contribution in [3.05, 3.63) is 76.3 Å². The summed E-state index contributed by atoms with van der Waals surface area (Å²) in [6.45, 7) is 4.12. The van der Waals surface area contributed by atoms with Gasteiger partial charge in [-0.2, -0.15) is 0 Å². The fourth-order valence-corrected chi connectivity index (χ4v) is 9.24. The van der Waals surface area contributed by atoms with Gasteiger partial charge in [0.05, 0.1) is 39.3 Å². The van der Waals surface area contributed by atoms with Crippen molar-refractivity contribution >= 4 is 33.1 Å². The third-order valence-electron chi connectivity index (χ3n) is 10.4. The molecule has 0 unspecified atom stereocenters. The van der Waals surface area contributed by atoms with Crippen molar-refractivity contribution in [1.82, 2.24) is 25.1 Å². The maximum atomic E-state index is 14.2. The van der Waals surface area contributed by atoms with Crippen molar-refractivity contribution in [2.45, 2.75) is 70.4 Å². The Balaban J connectivity index is 1.19. The Morgan fingerprint density at radius 3 is 2.81 bits per heavy atom. The van der Waals surface area contributed by atoms with Crippen LogP contribution in [0.5, 0.6) is 0 Å². The van der Waals surface area contributed by atoms with Crippen LogP contribution in [0.4, 0.5) is 10.2 Å². The summed E-state index contributed by atoms with van der Waals surface area (Å²) in [6, 6.07) is 9.27. The molecule has 4 aliphatic rings. The van der Waals surface area contributed by atoms with Gasteiger partial charge < -0.3 is 19.4 Å². The number of hydrogen-bond donors (Lipinski definition) is 1. The molecule has 2 atom stereocenters. The molecule has 2 fully saturated rings. The van der Waals surface area contributed by atoms with E-state index in [1.165, 1.54) is 6.07 Å². The Hall–Kier alpha value is -4.22. The molecule has 0 bridgehead atoms. The van der Waals surface area contributed by atoms with E-state index in [1.807, 2.05) is 23.2 Å². The average molecular weight is 651 g/mol. The molecule has 0 saturated carbocycles. The van der Waals surface area contributed by atoms with Crippen LogP contribution < -0.4 is 5.32 Å². The number of ether oxygens (including phenoxy) is 1. The van der Waals surface area contributed by atoms with E-state index in [0.29, 0.717) is 23.3 Å². The van der Waals surface area contributed by atoms with Gasteiger partial charge in [-0.1, -0.05) is 6.07 Å². The minimum absolute atomic E-state index is 0.00269. The van der Waals surface area contributed by atoms with Crippen LogP contribution in [-0.4, -0.2) is 50.7 Å². The maximum Gasteiger partial charge on any atom is 0.257 e. The largest absolute Gasteiger partial charge is 0.421 e. The van der Waals surface area contributed by atoms with Crippen LogP contribution in [0.3, 0.4) is 0 Å². The molecular formula is C36H35FN6O3S. The molecule has 7 heterocycles. The Bertz CT molecular complexity index is 2030. The molecule has 4 aromatic heterocycles. The number of carbonyl (C=O) groups is 1. The molecule has 1 aliphatic carbocycles. The first-order valence-corrected chi connectivity index (χ1v) is 17.5. The van der Waals surface area contributed by atoms with Gasteiger partial charge in [0.1, 0.15) is 11.6 Å². The number of rotatable bonds is 7. The smallest absolute Gasteiger partial charge is 0.257 e. The van der Waals surface area contributed by atoms with E-state index < -0.39 is 0 Å². The number of aromatic nitrogens is 4. The molecule has 1 N–H and O–H groups in total. The standard InChI is InChI=1S/C36H35FN6O3S/c1-19-41-42-35(46-19)29-26(8-4-20-11-15-45-16-12-20)39-32-27-3-2-14-43(27)36(44)31(32)30(29)28-18-22-10-13-38-34(33(22)47-28)40-25-9-5-21-17-23(37)6-7-24(21)25/h6-7,10,13,17-18,20,25,27H,2-5,8-9,11-12,14-16H2,1H3,(H,38,40)/t25-,27+/m1/s1. The number of nitrogens with one attached hydrogen (secondary N) is 1. The number of halogens is 1. The second-order valence-corrected chi connectivity index (χ2v) is 14.3. The third kappa shape index (κ3) is 4.93. The van der Waals surface area contributed by atoms with E-state index in [0.717, 1.165) is 126 Å². The summed E-state index contributed by atoms with van der Waals surface area (Å²) in [5.41, 5.74) is 6.23. The zero-order chi connectivity index (χ0) is 31.6. The fourth-order valence-electron chi connectivity index (χ4n) is 8.07. The SMILES string of the molecule is Cc1nnc(-c2c(CCC3CCOCC3)nc3c(c2-c2cc4ccnc(N[C@@H]5CCc6cc(F)ccc65)c4s2)C(=O)N2CCC[C@@H]32)o1. The summed E-state index contributed by atoms with van der Waals surface area (Å²) < 4.78 is 26.7. The number of hydrogen-bond acceptors (Lipinski definition) is 9. The molecule has 1 aromatic carbocycles. The first-order valence-electron chi connectivity index (χ1n) is 16.7. The highest BCUT2D eigenvalue weighted by atomic mass is 32.1. The molecule has 0 radical (unpaired) electrons. The van der Waals surface area contributed by atoms with Crippen LogP contribution in [0.1, 0.15) is 89.4 Å². The Morgan fingerprint density at radius 2 is 1.96 bits per heavy atom. The predicted octanol–water partition coefficient (Wildman–Crippen LogP) is 7.61. The van der Waals surface area contributed by atoms with E-state index >= 15 is 0 Å². The van der Waals surface area contributed by atoms with E-state index in [2.05, 4.69) is 21.6 Å². The molecule has 9 nitrogen and oxygen atoms in total. The quantitative estimate of drug-likeness (QED) is 0.192. The van der Waals surface area contributed by atoms with E-state index in [-0.39, 0.29) is 23.8 Å². The maximum absolute atomic E-state index is 14.2. The van der Waals surface area contributed by atoms with Crippen LogP contribution in [0, 0.1) is 18.7 Å². The van der Waals surface area contributed by atoms with Crippen molar-refractivity contribution < 1.29 is 18.3 Å². The minimum Gasteiger partial charge on any atom is -0.421 e. The molecule has 240 valence electrons. The number of nitrogens with zero attached hydrogens (tertiary/aromatic N) is 5. The number of thiophene rings is 1. The molecule has 5 aromatic rings. The van der Waals surface area contributed by atoms with Gasteiger partial charge in [0.2, 0.25) is 11.8 Å². The number of anilines is 1.